The maximum Gasteiger partial charge on any atom is 0.573 e. The maximum atomic E-state index is 12.8. The van der Waals surface area contributed by atoms with Gasteiger partial charge in [0.25, 0.3) is 0 Å². The summed E-state index contributed by atoms with van der Waals surface area (Å²) < 4.78 is 53.0. The van der Waals surface area contributed by atoms with Gasteiger partial charge in [0.15, 0.2) is 16.9 Å². The fourth-order valence-electron chi connectivity index (χ4n) is 3.68. The van der Waals surface area contributed by atoms with Gasteiger partial charge in [0, 0.05) is 43.0 Å². The van der Waals surface area contributed by atoms with Gasteiger partial charge in [0.1, 0.15) is 11.3 Å². The third-order valence-corrected chi connectivity index (χ3v) is 5.12. The van der Waals surface area contributed by atoms with Crippen LogP contribution in [0.2, 0.25) is 0 Å². The lowest BCUT2D eigenvalue weighted by molar-refractivity contribution is -0.275. The predicted molar refractivity (Wildman–Crippen MR) is 111 cm³/mol. The number of hydrogen-bond donors (Lipinski definition) is 1. The maximum absolute atomic E-state index is 12.8. The number of nitrogens with zero attached hydrogens (tertiary/aromatic N) is 1. The molecule has 0 bridgehead atoms. The molecular formula is C22H21F3N2O4. The first-order valence-electron chi connectivity index (χ1n) is 9.74. The molecule has 164 valence electrons. The van der Waals surface area contributed by atoms with Crippen LogP contribution in [0.15, 0.2) is 51.7 Å². The second-order valence-corrected chi connectivity index (χ2v) is 7.37. The Labute approximate surface area is 176 Å². The Morgan fingerprint density at radius 2 is 1.94 bits per heavy atom. The molecule has 1 aromatic heterocycles. The molecule has 2 heterocycles. The second kappa shape index (κ2) is 8.14. The summed E-state index contributed by atoms with van der Waals surface area (Å²) in [7, 11) is 1.24. The number of benzene rings is 2. The lowest BCUT2D eigenvalue weighted by atomic mass is 10.1. The van der Waals surface area contributed by atoms with E-state index in [9.17, 15) is 18.0 Å². The van der Waals surface area contributed by atoms with Crippen LogP contribution in [0, 0.1) is 0 Å². The summed E-state index contributed by atoms with van der Waals surface area (Å²) in [5, 5.41) is 3.78. The van der Waals surface area contributed by atoms with E-state index in [1.54, 1.807) is 12.1 Å². The first kappa shape index (κ1) is 21.0. The molecule has 1 aliphatic heterocycles. The van der Waals surface area contributed by atoms with E-state index in [4.69, 9.17) is 9.15 Å². The van der Waals surface area contributed by atoms with E-state index in [0.29, 0.717) is 17.0 Å². The Bertz CT molecular complexity index is 1160. The van der Waals surface area contributed by atoms with Crippen LogP contribution in [0.1, 0.15) is 6.92 Å². The van der Waals surface area contributed by atoms with Crippen LogP contribution in [0.4, 0.5) is 18.9 Å². The monoisotopic (exact) mass is 434 g/mol. The molecule has 1 saturated heterocycles. The smallest absolute Gasteiger partial charge is 0.493 e. The molecule has 9 heteroatoms. The lowest BCUT2D eigenvalue weighted by Gasteiger charge is -2.33. The summed E-state index contributed by atoms with van der Waals surface area (Å²) in [5.74, 6) is -0.465. The van der Waals surface area contributed by atoms with Crippen molar-refractivity contribution in [3.8, 4) is 22.8 Å². The average molecular weight is 434 g/mol. The van der Waals surface area contributed by atoms with Crippen molar-refractivity contribution in [1.82, 2.24) is 5.32 Å². The van der Waals surface area contributed by atoms with Crippen LogP contribution in [-0.4, -0.2) is 39.1 Å². The van der Waals surface area contributed by atoms with E-state index >= 15 is 0 Å². The minimum atomic E-state index is -4.88. The Hall–Kier alpha value is -3.20. The molecule has 31 heavy (non-hydrogen) atoms. The molecule has 0 amide bonds. The van der Waals surface area contributed by atoms with Gasteiger partial charge in [-0.1, -0.05) is 0 Å². The summed E-state index contributed by atoms with van der Waals surface area (Å²) >= 11 is 0. The van der Waals surface area contributed by atoms with Crippen LogP contribution < -0.4 is 25.1 Å². The number of piperazine rings is 1. The summed E-state index contributed by atoms with van der Waals surface area (Å²) in [6.07, 6.45) is -4.88. The van der Waals surface area contributed by atoms with Crippen molar-refractivity contribution in [2.45, 2.75) is 19.3 Å². The number of alkyl halides is 3. The number of rotatable bonds is 4. The number of nitrogens with one attached hydrogen (secondary N) is 1. The molecule has 1 fully saturated rings. The Morgan fingerprint density at radius 1 is 1.13 bits per heavy atom. The summed E-state index contributed by atoms with van der Waals surface area (Å²) in [5.41, 5.74) is 1.25. The van der Waals surface area contributed by atoms with E-state index in [-0.39, 0.29) is 22.5 Å². The molecular weight excluding hydrogens is 413 g/mol. The molecule has 1 aliphatic rings. The number of anilines is 1. The van der Waals surface area contributed by atoms with Gasteiger partial charge in [-0.2, -0.15) is 0 Å². The van der Waals surface area contributed by atoms with Gasteiger partial charge in [-0.05, 0) is 43.3 Å². The average Bonchev–Trinajstić information content (AvgIpc) is 2.72. The van der Waals surface area contributed by atoms with Crippen LogP contribution >= 0.6 is 0 Å². The topological polar surface area (TPSA) is 63.9 Å². The number of halogens is 3. The molecule has 0 aliphatic carbocycles. The van der Waals surface area contributed by atoms with Crippen LogP contribution in [0.5, 0.6) is 11.5 Å². The highest BCUT2D eigenvalue weighted by molar-refractivity contribution is 5.82. The Morgan fingerprint density at radius 3 is 2.65 bits per heavy atom. The van der Waals surface area contributed by atoms with E-state index in [1.807, 2.05) is 6.07 Å². The van der Waals surface area contributed by atoms with Crippen molar-refractivity contribution < 1.29 is 27.1 Å². The van der Waals surface area contributed by atoms with Gasteiger partial charge in [-0.15, -0.1) is 13.2 Å². The van der Waals surface area contributed by atoms with Crippen LogP contribution in [0.25, 0.3) is 22.3 Å². The zero-order chi connectivity index (χ0) is 22.2. The second-order valence-electron chi connectivity index (χ2n) is 7.37. The van der Waals surface area contributed by atoms with Crippen molar-refractivity contribution in [2.24, 2.45) is 0 Å². The van der Waals surface area contributed by atoms with E-state index in [1.165, 1.54) is 25.3 Å². The number of ether oxygens (including phenoxy) is 2. The molecule has 4 rings (SSSR count). The van der Waals surface area contributed by atoms with E-state index in [0.717, 1.165) is 31.4 Å². The Balaban J connectivity index is 1.72. The first-order chi connectivity index (χ1) is 14.7. The van der Waals surface area contributed by atoms with Crippen molar-refractivity contribution in [3.63, 3.8) is 0 Å². The zero-order valence-electron chi connectivity index (χ0n) is 17.0. The molecule has 1 atom stereocenters. The highest BCUT2D eigenvalue weighted by atomic mass is 19.4. The summed E-state index contributed by atoms with van der Waals surface area (Å²) in [6, 6.07) is 10.9. The lowest BCUT2D eigenvalue weighted by Crippen LogP contribution is -2.49. The Kier molecular flexibility index (Phi) is 5.53. The highest BCUT2D eigenvalue weighted by Crippen LogP contribution is 2.36. The zero-order valence-corrected chi connectivity index (χ0v) is 17.0. The fraction of sp³-hybridized carbons (Fsp3) is 0.318. The normalized spacial score (nSPS) is 17.1. The molecule has 0 spiro atoms. The van der Waals surface area contributed by atoms with E-state index < -0.39 is 12.1 Å². The molecule has 6 nitrogen and oxygen atoms in total. The van der Waals surface area contributed by atoms with Gasteiger partial charge in [0.05, 0.1) is 12.5 Å². The van der Waals surface area contributed by atoms with Crippen LogP contribution in [0.3, 0.4) is 0 Å². The van der Waals surface area contributed by atoms with Gasteiger partial charge < -0.3 is 24.1 Å². The minimum absolute atomic E-state index is 0.0842. The third kappa shape index (κ3) is 4.61. The molecule has 3 aromatic rings. The number of fused-ring (bicyclic) bond motifs is 1. The van der Waals surface area contributed by atoms with Gasteiger partial charge >= 0.3 is 6.36 Å². The number of methoxy groups -OCH3 is 1. The van der Waals surface area contributed by atoms with Gasteiger partial charge in [-0.25, -0.2) is 0 Å². The SMILES string of the molecule is COc1ccc(-c2cc(=O)c3cc(N4CCN[C@@H](C)C4)ccc3o2)cc1OC(F)(F)F. The third-order valence-electron chi connectivity index (χ3n) is 5.12. The largest absolute Gasteiger partial charge is 0.573 e. The molecule has 0 saturated carbocycles. The van der Waals surface area contributed by atoms with Crippen molar-refractivity contribution in [2.75, 3.05) is 31.6 Å². The quantitative estimate of drug-likeness (QED) is 0.665. The predicted octanol–water partition coefficient (Wildman–Crippen LogP) is 4.17. The molecule has 1 N–H and O–H groups in total. The van der Waals surface area contributed by atoms with E-state index in [2.05, 4.69) is 21.9 Å². The fourth-order valence-corrected chi connectivity index (χ4v) is 3.68. The first-order valence-corrected chi connectivity index (χ1v) is 9.74. The molecule has 0 radical (unpaired) electrons. The van der Waals surface area contributed by atoms with Crippen molar-refractivity contribution in [3.05, 3.63) is 52.7 Å². The van der Waals surface area contributed by atoms with Crippen molar-refractivity contribution >= 4 is 16.7 Å². The summed E-state index contributed by atoms with van der Waals surface area (Å²) in [4.78, 5) is 15.0. The number of hydrogen-bond acceptors (Lipinski definition) is 6. The van der Waals surface area contributed by atoms with Gasteiger partial charge in [0.2, 0.25) is 0 Å². The molecule has 2 aromatic carbocycles. The standard InChI is InChI=1S/C22H21F3N2O4/c1-13-12-27(8-7-26-13)15-4-6-18-16(10-15)17(28)11-20(30-18)14-3-5-19(29-2)21(9-14)31-22(23,24)25/h3-6,9-11,13,26H,7-8,12H2,1-2H3/t13-/m0/s1. The molecule has 0 unspecified atom stereocenters. The highest BCUT2D eigenvalue weighted by Gasteiger charge is 2.32. The van der Waals surface area contributed by atoms with Crippen molar-refractivity contribution in [1.29, 1.82) is 0 Å². The summed E-state index contributed by atoms with van der Waals surface area (Å²) in [6.45, 7) is 4.60. The minimum Gasteiger partial charge on any atom is -0.493 e. The van der Waals surface area contributed by atoms with Gasteiger partial charge in [-0.3, -0.25) is 4.79 Å². The van der Waals surface area contributed by atoms with Crippen LogP contribution in [-0.2, 0) is 0 Å².